The average molecular weight is 361 g/mol. The summed E-state index contributed by atoms with van der Waals surface area (Å²) in [4.78, 5) is 0. The maximum Gasteiger partial charge on any atom is 0.143 e. The van der Waals surface area contributed by atoms with Crippen molar-refractivity contribution in [1.82, 2.24) is 9.72 Å². The Morgan fingerprint density at radius 1 is 1.07 bits per heavy atom. The van der Waals surface area contributed by atoms with Gasteiger partial charge in [0, 0.05) is 16.6 Å². The Hall–Kier alpha value is -3.54. The number of hydrogen-bond donors (Lipinski definition) is 2. The number of oxime groups is 1. The van der Waals surface area contributed by atoms with Crippen molar-refractivity contribution in [3.05, 3.63) is 65.5 Å². The molecule has 0 aliphatic rings. The first-order valence-electron chi connectivity index (χ1n) is 8.58. The fourth-order valence-corrected chi connectivity index (χ4v) is 3.58. The standard InChI is InChI=1S/C21H19N3O3/c1-12(22-26)20-17-6-4-5-7-18(17)24(15-8-10-16(25)11-9-15)21(20)19-13(2)23-27-14(19)3/h4-11,25-26H,1-3H3. The zero-order valence-electron chi connectivity index (χ0n) is 15.3. The smallest absolute Gasteiger partial charge is 0.143 e. The van der Waals surface area contributed by atoms with Gasteiger partial charge in [-0.2, -0.15) is 0 Å². The molecule has 4 rings (SSSR count). The normalized spacial score (nSPS) is 12.0. The van der Waals surface area contributed by atoms with Gasteiger partial charge in [0.25, 0.3) is 0 Å². The van der Waals surface area contributed by atoms with E-state index in [0.29, 0.717) is 11.5 Å². The second-order valence-electron chi connectivity index (χ2n) is 6.48. The molecule has 0 bridgehead atoms. The highest BCUT2D eigenvalue weighted by molar-refractivity contribution is 6.15. The Bertz CT molecular complexity index is 1150. The molecule has 0 atom stereocenters. The molecule has 0 amide bonds. The molecule has 0 saturated carbocycles. The van der Waals surface area contributed by atoms with Crippen LogP contribution in [-0.2, 0) is 0 Å². The summed E-state index contributed by atoms with van der Waals surface area (Å²) in [5.41, 5.74) is 5.59. The van der Waals surface area contributed by atoms with Crippen LogP contribution in [0.5, 0.6) is 5.75 Å². The van der Waals surface area contributed by atoms with Crippen LogP contribution in [0.1, 0.15) is 23.9 Å². The molecule has 2 aromatic heterocycles. The molecule has 0 radical (unpaired) electrons. The number of aryl methyl sites for hydroxylation is 2. The molecule has 2 N–H and O–H groups in total. The zero-order valence-corrected chi connectivity index (χ0v) is 15.3. The molecule has 0 fully saturated rings. The van der Waals surface area contributed by atoms with Gasteiger partial charge < -0.3 is 19.4 Å². The van der Waals surface area contributed by atoms with E-state index >= 15 is 0 Å². The van der Waals surface area contributed by atoms with E-state index in [1.54, 1.807) is 19.1 Å². The Kier molecular flexibility index (Phi) is 3.96. The molecule has 27 heavy (non-hydrogen) atoms. The first kappa shape index (κ1) is 16.9. The van der Waals surface area contributed by atoms with Gasteiger partial charge in [-0.3, -0.25) is 0 Å². The number of para-hydroxylation sites is 1. The first-order chi connectivity index (χ1) is 13.0. The van der Waals surface area contributed by atoms with Crippen molar-refractivity contribution in [3.63, 3.8) is 0 Å². The lowest BCUT2D eigenvalue weighted by molar-refractivity contribution is 0.319. The van der Waals surface area contributed by atoms with Crippen molar-refractivity contribution in [2.24, 2.45) is 5.16 Å². The van der Waals surface area contributed by atoms with Crippen LogP contribution in [0.4, 0.5) is 0 Å². The minimum Gasteiger partial charge on any atom is -0.508 e. The summed E-state index contributed by atoms with van der Waals surface area (Å²) in [6, 6.07) is 14.9. The van der Waals surface area contributed by atoms with Crippen LogP contribution in [0.25, 0.3) is 27.8 Å². The van der Waals surface area contributed by atoms with Gasteiger partial charge >= 0.3 is 0 Å². The predicted molar refractivity (Wildman–Crippen MR) is 104 cm³/mol. The maximum absolute atomic E-state index is 9.70. The van der Waals surface area contributed by atoms with E-state index in [9.17, 15) is 10.3 Å². The van der Waals surface area contributed by atoms with Gasteiger partial charge in [0.05, 0.1) is 28.2 Å². The van der Waals surface area contributed by atoms with Crippen LogP contribution in [0.3, 0.4) is 0 Å². The molecule has 0 spiro atoms. The monoisotopic (exact) mass is 361 g/mol. The van der Waals surface area contributed by atoms with Crippen molar-refractivity contribution >= 4 is 16.6 Å². The SMILES string of the molecule is CC(=NO)c1c(-c2c(C)noc2C)n(-c2ccc(O)cc2)c2ccccc12. The van der Waals surface area contributed by atoms with Crippen LogP contribution in [-0.4, -0.2) is 25.7 Å². The molecular weight excluding hydrogens is 342 g/mol. The number of benzene rings is 2. The molecule has 6 nitrogen and oxygen atoms in total. The fraction of sp³-hybridized carbons (Fsp3) is 0.143. The molecule has 0 unspecified atom stereocenters. The molecule has 0 aliphatic carbocycles. The summed E-state index contributed by atoms with van der Waals surface area (Å²) in [7, 11) is 0. The largest absolute Gasteiger partial charge is 0.508 e. The van der Waals surface area contributed by atoms with E-state index in [1.807, 2.05) is 50.2 Å². The molecular formula is C21H19N3O3. The molecule has 2 heterocycles. The van der Waals surface area contributed by atoms with Crippen molar-refractivity contribution in [1.29, 1.82) is 0 Å². The van der Waals surface area contributed by atoms with Gasteiger partial charge in [0.1, 0.15) is 11.5 Å². The Balaban J connectivity index is 2.22. The van der Waals surface area contributed by atoms with Gasteiger partial charge in [-0.15, -0.1) is 0 Å². The zero-order chi connectivity index (χ0) is 19.1. The van der Waals surface area contributed by atoms with Gasteiger partial charge in [-0.05, 0) is 51.1 Å². The number of nitrogens with zero attached hydrogens (tertiary/aromatic N) is 3. The molecule has 2 aromatic carbocycles. The molecule has 0 saturated heterocycles. The fourth-order valence-electron chi connectivity index (χ4n) is 3.58. The van der Waals surface area contributed by atoms with Crippen LogP contribution in [0.15, 0.2) is 58.2 Å². The summed E-state index contributed by atoms with van der Waals surface area (Å²) in [6.07, 6.45) is 0. The van der Waals surface area contributed by atoms with Crippen LogP contribution < -0.4 is 0 Å². The van der Waals surface area contributed by atoms with E-state index in [4.69, 9.17) is 4.52 Å². The quantitative estimate of drug-likeness (QED) is 0.312. The lowest BCUT2D eigenvalue weighted by atomic mass is 10.0. The molecule has 4 aromatic rings. The summed E-state index contributed by atoms with van der Waals surface area (Å²) >= 11 is 0. The number of hydrogen-bond acceptors (Lipinski definition) is 5. The van der Waals surface area contributed by atoms with E-state index < -0.39 is 0 Å². The number of phenolic OH excluding ortho intramolecular Hbond substituents is 1. The van der Waals surface area contributed by atoms with E-state index in [0.717, 1.165) is 39.1 Å². The van der Waals surface area contributed by atoms with Crippen molar-refractivity contribution in [2.45, 2.75) is 20.8 Å². The lowest BCUT2D eigenvalue weighted by Crippen LogP contribution is -2.02. The Labute approximate surface area is 156 Å². The van der Waals surface area contributed by atoms with E-state index in [1.165, 1.54) is 0 Å². The summed E-state index contributed by atoms with van der Waals surface area (Å²) in [5, 5.41) is 27.8. The topological polar surface area (TPSA) is 83.8 Å². The number of fused-ring (bicyclic) bond motifs is 1. The lowest BCUT2D eigenvalue weighted by Gasteiger charge is -2.12. The number of phenols is 1. The molecule has 6 heteroatoms. The summed E-state index contributed by atoms with van der Waals surface area (Å²) in [5.74, 6) is 0.879. The maximum atomic E-state index is 9.70. The van der Waals surface area contributed by atoms with Gasteiger partial charge in [0.2, 0.25) is 0 Å². The van der Waals surface area contributed by atoms with Crippen molar-refractivity contribution in [3.8, 4) is 22.7 Å². The highest BCUT2D eigenvalue weighted by Gasteiger charge is 2.26. The second-order valence-corrected chi connectivity index (χ2v) is 6.48. The third kappa shape index (κ3) is 2.57. The minimum absolute atomic E-state index is 0.197. The summed E-state index contributed by atoms with van der Waals surface area (Å²) < 4.78 is 7.49. The third-order valence-electron chi connectivity index (χ3n) is 4.76. The Morgan fingerprint density at radius 3 is 2.41 bits per heavy atom. The Morgan fingerprint density at radius 2 is 1.78 bits per heavy atom. The number of aromatic hydroxyl groups is 1. The van der Waals surface area contributed by atoms with E-state index in [-0.39, 0.29) is 5.75 Å². The molecule has 0 aliphatic heterocycles. The predicted octanol–water partition coefficient (Wildman–Crippen LogP) is 4.81. The summed E-state index contributed by atoms with van der Waals surface area (Å²) in [6.45, 7) is 5.52. The second kappa shape index (κ2) is 6.32. The van der Waals surface area contributed by atoms with Gasteiger partial charge in [-0.25, -0.2) is 0 Å². The number of rotatable bonds is 3. The highest BCUT2D eigenvalue weighted by atomic mass is 16.5. The van der Waals surface area contributed by atoms with E-state index in [2.05, 4.69) is 14.9 Å². The van der Waals surface area contributed by atoms with Crippen molar-refractivity contribution < 1.29 is 14.8 Å². The van der Waals surface area contributed by atoms with Gasteiger partial charge in [0.15, 0.2) is 0 Å². The van der Waals surface area contributed by atoms with Crippen LogP contribution in [0.2, 0.25) is 0 Å². The van der Waals surface area contributed by atoms with Crippen LogP contribution in [0, 0.1) is 13.8 Å². The van der Waals surface area contributed by atoms with Gasteiger partial charge in [-0.1, -0.05) is 28.5 Å². The van der Waals surface area contributed by atoms with Crippen molar-refractivity contribution in [2.75, 3.05) is 0 Å². The van der Waals surface area contributed by atoms with Crippen LogP contribution >= 0.6 is 0 Å². The third-order valence-corrected chi connectivity index (χ3v) is 4.76. The minimum atomic E-state index is 0.197. The average Bonchev–Trinajstić information content (AvgIpc) is 3.18. The number of aromatic nitrogens is 2. The first-order valence-corrected chi connectivity index (χ1v) is 8.58. The molecule has 136 valence electrons. The highest BCUT2D eigenvalue weighted by Crippen LogP contribution is 2.39.